The fourth-order valence-electron chi connectivity index (χ4n) is 3.43. The van der Waals surface area contributed by atoms with Gasteiger partial charge in [0.15, 0.2) is 0 Å². The van der Waals surface area contributed by atoms with Gasteiger partial charge in [-0.15, -0.1) is 0 Å². The van der Waals surface area contributed by atoms with Crippen LogP contribution in [0.2, 0.25) is 0 Å². The van der Waals surface area contributed by atoms with Crippen LogP contribution < -0.4 is 5.32 Å². The maximum atomic E-state index is 12.1. The van der Waals surface area contributed by atoms with Crippen LogP contribution in [0.3, 0.4) is 0 Å². The lowest BCUT2D eigenvalue weighted by Crippen LogP contribution is -2.46. The van der Waals surface area contributed by atoms with E-state index in [1.807, 2.05) is 0 Å². The summed E-state index contributed by atoms with van der Waals surface area (Å²) in [5.41, 5.74) is 0. The molecule has 0 radical (unpaired) electrons. The number of hydrogen-bond donors (Lipinski definition) is 1. The molecule has 0 bridgehead atoms. The van der Waals surface area contributed by atoms with Gasteiger partial charge in [0, 0.05) is 18.5 Å². The molecule has 4 heteroatoms. The quantitative estimate of drug-likeness (QED) is 0.803. The summed E-state index contributed by atoms with van der Waals surface area (Å²) in [6, 6.07) is 0.374. The van der Waals surface area contributed by atoms with Gasteiger partial charge in [-0.2, -0.15) is 0 Å². The van der Waals surface area contributed by atoms with Gasteiger partial charge in [0.05, 0.1) is 6.54 Å². The second-order valence-electron chi connectivity index (χ2n) is 6.44. The summed E-state index contributed by atoms with van der Waals surface area (Å²) >= 11 is 0. The predicted octanol–water partition coefficient (Wildman–Crippen LogP) is 2.13. The average Bonchev–Trinajstić information content (AvgIpc) is 2.67. The Morgan fingerprint density at radius 1 is 1.05 bits per heavy atom. The number of carbonyl (C=O) groups is 2. The van der Waals surface area contributed by atoms with E-state index in [1.54, 1.807) is 6.92 Å². The second kappa shape index (κ2) is 7.77. The van der Waals surface area contributed by atoms with Gasteiger partial charge in [-0.05, 0) is 39.2 Å². The van der Waals surface area contributed by atoms with Gasteiger partial charge >= 0.3 is 0 Å². The Morgan fingerprint density at radius 3 is 2.40 bits per heavy atom. The normalized spacial score (nSPS) is 25.9. The lowest BCUT2D eigenvalue weighted by atomic mass is 9.94. The maximum Gasteiger partial charge on any atom is 0.234 e. The summed E-state index contributed by atoms with van der Waals surface area (Å²) in [6.07, 6.45) is 9.35. The number of rotatable bonds is 4. The summed E-state index contributed by atoms with van der Waals surface area (Å²) in [5.74, 6) is 0.536. The standard InChI is InChI=1S/C16H28N2O2/c1-13(19)14-7-6-10-18(11-14)12-16(20)17-15-8-4-2-3-5-9-15/h14-15H,2-12H2,1H3,(H,17,20). The van der Waals surface area contributed by atoms with Crippen molar-refractivity contribution in [3.05, 3.63) is 0 Å². The highest BCUT2D eigenvalue weighted by atomic mass is 16.2. The molecular formula is C16H28N2O2. The summed E-state index contributed by atoms with van der Waals surface area (Å²) in [4.78, 5) is 25.7. The number of amides is 1. The van der Waals surface area contributed by atoms with E-state index in [9.17, 15) is 9.59 Å². The third-order valence-corrected chi connectivity index (χ3v) is 4.67. The minimum absolute atomic E-state index is 0.134. The van der Waals surface area contributed by atoms with Gasteiger partial charge in [-0.1, -0.05) is 25.7 Å². The lowest BCUT2D eigenvalue weighted by molar-refractivity contribution is -0.126. The third kappa shape index (κ3) is 4.89. The van der Waals surface area contributed by atoms with Crippen LogP contribution >= 0.6 is 0 Å². The molecule has 20 heavy (non-hydrogen) atoms. The molecule has 1 unspecified atom stereocenters. The van der Waals surface area contributed by atoms with E-state index in [2.05, 4.69) is 10.2 Å². The summed E-state index contributed by atoms with van der Waals surface area (Å²) in [6.45, 7) is 3.83. The SMILES string of the molecule is CC(=O)C1CCCN(CC(=O)NC2CCCCCC2)C1. The van der Waals surface area contributed by atoms with Crippen molar-refractivity contribution in [2.24, 2.45) is 5.92 Å². The van der Waals surface area contributed by atoms with Crippen LogP contribution in [0.25, 0.3) is 0 Å². The first-order chi connectivity index (χ1) is 9.65. The minimum Gasteiger partial charge on any atom is -0.352 e. The van der Waals surface area contributed by atoms with Crippen LogP contribution in [0.5, 0.6) is 0 Å². The molecule has 0 aromatic rings. The smallest absolute Gasteiger partial charge is 0.234 e. The fraction of sp³-hybridized carbons (Fsp3) is 0.875. The van der Waals surface area contributed by atoms with Crippen molar-refractivity contribution in [1.29, 1.82) is 0 Å². The Bertz CT molecular complexity index is 335. The van der Waals surface area contributed by atoms with Crippen LogP contribution in [0.4, 0.5) is 0 Å². The van der Waals surface area contributed by atoms with Crippen LogP contribution in [-0.2, 0) is 9.59 Å². The molecule has 0 aromatic heterocycles. The van der Waals surface area contributed by atoms with Crippen LogP contribution in [0.15, 0.2) is 0 Å². The highest BCUT2D eigenvalue weighted by Gasteiger charge is 2.25. The number of hydrogen-bond acceptors (Lipinski definition) is 3. The summed E-state index contributed by atoms with van der Waals surface area (Å²) in [5, 5.41) is 3.18. The molecule has 1 aliphatic carbocycles. The highest BCUT2D eigenvalue weighted by Crippen LogP contribution is 2.18. The van der Waals surface area contributed by atoms with E-state index in [4.69, 9.17) is 0 Å². The van der Waals surface area contributed by atoms with Crippen LogP contribution in [0.1, 0.15) is 58.3 Å². The van der Waals surface area contributed by atoms with E-state index in [0.717, 1.165) is 38.8 Å². The van der Waals surface area contributed by atoms with E-state index in [1.165, 1.54) is 25.7 Å². The number of nitrogens with one attached hydrogen (secondary N) is 1. The Labute approximate surface area is 122 Å². The van der Waals surface area contributed by atoms with Gasteiger partial charge in [0.25, 0.3) is 0 Å². The highest BCUT2D eigenvalue weighted by molar-refractivity contribution is 5.80. The van der Waals surface area contributed by atoms with E-state index < -0.39 is 0 Å². The molecular weight excluding hydrogens is 252 g/mol. The Balaban J connectivity index is 1.74. The number of ketones is 1. The third-order valence-electron chi connectivity index (χ3n) is 4.67. The largest absolute Gasteiger partial charge is 0.352 e. The minimum atomic E-state index is 0.134. The molecule has 1 N–H and O–H groups in total. The first kappa shape index (κ1) is 15.5. The van der Waals surface area contributed by atoms with Crippen molar-refractivity contribution < 1.29 is 9.59 Å². The first-order valence-electron chi connectivity index (χ1n) is 8.17. The van der Waals surface area contributed by atoms with Crippen molar-refractivity contribution in [1.82, 2.24) is 10.2 Å². The Hall–Kier alpha value is -0.900. The molecule has 0 spiro atoms. The molecule has 114 valence electrons. The van der Waals surface area contributed by atoms with E-state index in [0.29, 0.717) is 12.6 Å². The topological polar surface area (TPSA) is 49.4 Å². The molecule has 1 saturated heterocycles. The molecule has 2 aliphatic rings. The van der Waals surface area contributed by atoms with Gasteiger partial charge in [-0.25, -0.2) is 0 Å². The number of nitrogens with zero attached hydrogens (tertiary/aromatic N) is 1. The molecule has 2 fully saturated rings. The van der Waals surface area contributed by atoms with Crippen molar-refractivity contribution in [3.8, 4) is 0 Å². The molecule has 1 amide bonds. The first-order valence-corrected chi connectivity index (χ1v) is 8.17. The molecule has 1 heterocycles. The lowest BCUT2D eigenvalue weighted by Gasteiger charge is -2.31. The number of piperidine rings is 1. The van der Waals surface area contributed by atoms with Crippen molar-refractivity contribution in [2.45, 2.75) is 64.3 Å². The predicted molar refractivity (Wildman–Crippen MR) is 79.5 cm³/mol. The molecule has 2 rings (SSSR count). The summed E-state index contributed by atoms with van der Waals surface area (Å²) < 4.78 is 0. The maximum absolute atomic E-state index is 12.1. The fourth-order valence-corrected chi connectivity index (χ4v) is 3.43. The van der Waals surface area contributed by atoms with Crippen LogP contribution in [0, 0.1) is 5.92 Å². The molecule has 0 aromatic carbocycles. The van der Waals surface area contributed by atoms with Crippen molar-refractivity contribution >= 4 is 11.7 Å². The Kier molecular flexibility index (Phi) is 6.02. The van der Waals surface area contributed by atoms with Crippen molar-refractivity contribution in [3.63, 3.8) is 0 Å². The molecule has 1 aliphatic heterocycles. The Morgan fingerprint density at radius 2 is 1.75 bits per heavy atom. The van der Waals surface area contributed by atoms with Gasteiger partial charge in [0.2, 0.25) is 5.91 Å². The average molecular weight is 280 g/mol. The molecule has 1 saturated carbocycles. The second-order valence-corrected chi connectivity index (χ2v) is 6.44. The zero-order valence-corrected chi connectivity index (χ0v) is 12.7. The molecule has 4 nitrogen and oxygen atoms in total. The van der Waals surface area contributed by atoms with Gasteiger partial charge < -0.3 is 5.32 Å². The zero-order chi connectivity index (χ0) is 14.4. The number of likely N-dealkylation sites (tertiary alicyclic amines) is 1. The number of Topliss-reactive ketones (excluding diaryl/α,β-unsaturated/α-hetero) is 1. The van der Waals surface area contributed by atoms with E-state index >= 15 is 0 Å². The van der Waals surface area contributed by atoms with Gasteiger partial charge in [-0.3, -0.25) is 14.5 Å². The summed E-state index contributed by atoms with van der Waals surface area (Å²) in [7, 11) is 0. The molecule has 1 atom stereocenters. The van der Waals surface area contributed by atoms with Gasteiger partial charge in [0.1, 0.15) is 5.78 Å². The zero-order valence-electron chi connectivity index (χ0n) is 12.7. The van der Waals surface area contributed by atoms with Crippen molar-refractivity contribution in [2.75, 3.05) is 19.6 Å². The van der Waals surface area contributed by atoms with Crippen LogP contribution in [-0.4, -0.2) is 42.3 Å². The monoisotopic (exact) mass is 280 g/mol. The van der Waals surface area contributed by atoms with E-state index in [-0.39, 0.29) is 17.6 Å². The number of carbonyl (C=O) groups excluding carboxylic acids is 2.